The highest BCUT2D eigenvalue weighted by molar-refractivity contribution is 7.20. The van der Waals surface area contributed by atoms with Crippen molar-refractivity contribution < 1.29 is 9.21 Å². The van der Waals surface area contributed by atoms with Crippen molar-refractivity contribution in [2.24, 2.45) is 0 Å². The predicted molar refractivity (Wildman–Crippen MR) is 104 cm³/mol. The molecule has 5 nitrogen and oxygen atoms in total. The number of hydrogen-bond donors (Lipinski definition) is 1. The van der Waals surface area contributed by atoms with Crippen molar-refractivity contribution in [2.45, 2.75) is 13.8 Å². The number of rotatable bonds is 3. The van der Waals surface area contributed by atoms with Crippen LogP contribution in [0.25, 0.3) is 21.8 Å². The van der Waals surface area contributed by atoms with Gasteiger partial charge in [-0.2, -0.15) is 0 Å². The summed E-state index contributed by atoms with van der Waals surface area (Å²) in [6, 6.07) is 10.7. The first-order chi connectivity index (χ1) is 12.5. The lowest BCUT2D eigenvalue weighted by atomic mass is 10.1. The van der Waals surface area contributed by atoms with Gasteiger partial charge in [-0.1, -0.05) is 23.7 Å². The van der Waals surface area contributed by atoms with Gasteiger partial charge in [0.1, 0.15) is 4.83 Å². The van der Waals surface area contributed by atoms with Crippen molar-refractivity contribution in [3.63, 3.8) is 0 Å². The first-order valence-corrected chi connectivity index (χ1v) is 9.11. The monoisotopic (exact) mass is 383 g/mol. The molecule has 130 valence electrons. The Bertz CT molecular complexity index is 1120. The second kappa shape index (κ2) is 6.55. The Morgan fingerprint density at radius 3 is 2.69 bits per heavy atom. The smallest absolute Gasteiger partial charge is 0.266 e. The Hall–Kier alpha value is -2.70. The molecule has 0 saturated heterocycles. The minimum absolute atomic E-state index is 0.211. The van der Waals surface area contributed by atoms with Crippen molar-refractivity contribution in [3.05, 3.63) is 63.8 Å². The third kappa shape index (κ3) is 2.87. The van der Waals surface area contributed by atoms with Gasteiger partial charge in [-0.3, -0.25) is 4.79 Å². The van der Waals surface area contributed by atoms with Gasteiger partial charge < -0.3 is 9.73 Å². The van der Waals surface area contributed by atoms with E-state index >= 15 is 0 Å². The van der Waals surface area contributed by atoms with Crippen LogP contribution in [-0.2, 0) is 0 Å². The maximum absolute atomic E-state index is 12.8. The molecule has 3 aromatic heterocycles. The van der Waals surface area contributed by atoms with E-state index in [1.54, 1.807) is 24.5 Å². The van der Waals surface area contributed by atoms with Gasteiger partial charge >= 0.3 is 0 Å². The van der Waals surface area contributed by atoms with Crippen molar-refractivity contribution in [1.29, 1.82) is 0 Å². The number of amides is 1. The van der Waals surface area contributed by atoms with Gasteiger partial charge in [-0.15, -0.1) is 11.3 Å². The first-order valence-electron chi connectivity index (χ1n) is 7.92. The van der Waals surface area contributed by atoms with E-state index < -0.39 is 0 Å². The van der Waals surface area contributed by atoms with E-state index in [-0.39, 0.29) is 5.91 Å². The summed E-state index contributed by atoms with van der Waals surface area (Å²) < 4.78 is 5.39. The number of anilines is 1. The zero-order valence-corrected chi connectivity index (χ0v) is 15.6. The zero-order chi connectivity index (χ0) is 18.3. The molecule has 0 radical (unpaired) electrons. The normalized spacial score (nSPS) is 11.0. The van der Waals surface area contributed by atoms with Gasteiger partial charge in [0.25, 0.3) is 5.91 Å². The quantitative estimate of drug-likeness (QED) is 0.509. The molecule has 0 saturated carbocycles. The maximum atomic E-state index is 12.8. The minimum atomic E-state index is -0.211. The highest BCUT2D eigenvalue weighted by Crippen LogP contribution is 2.33. The van der Waals surface area contributed by atoms with E-state index in [1.807, 2.05) is 32.0 Å². The Labute approximate surface area is 158 Å². The Morgan fingerprint density at radius 2 is 1.96 bits per heavy atom. The number of thiophene rings is 1. The molecule has 0 bridgehead atoms. The van der Waals surface area contributed by atoms with E-state index in [1.165, 1.54) is 11.3 Å². The molecule has 4 aromatic rings. The average Bonchev–Trinajstić information content (AvgIpc) is 3.25. The molecule has 3 heterocycles. The van der Waals surface area contributed by atoms with E-state index in [9.17, 15) is 4.79 Å². The van der Waals surface area contributed by atoms with Crippen LogP contribution in [0.2, 0.25) is 5.02 Å². The Balaban J connectivity index is 1.76. The molecule has 7 heteroatoms. The second-order valence-electron chi connectivity index (χ2n) is 5.78. The topological polar surface area (TPSA) is 68.0 Å². The third-order valence-corrected chi connectivity index (χ3v) is 5.55. The fourth-order valence-electron chi connectivity index (χ4n) is 2.81. The van der Waals surface area contributed by atoms with Gasteiger partial charge in [0, 0.05) is 5.39 Å². The molecule has 26 heavy (non-hydrogen) atoms. The summed E-state index contributed by atoms with van der Waals surface area (Å²) in [5.41, 5.74) is 2.25. The number of nitrogens with one attached hydrogen (secondary N) is 1. The molecule has 0 spiro atoms. The van der Waals surface area contributed by atoms with Crippen LogP contribution in [0.1, 0.15) is 20.9 Å². The molecular weight excluding hydrogens is 370 g/mol. The number of aromatic nitrogens is 2. The number of hydrogen-bond acceptors (Lipinski definition) is 5. The molecule has 4 rings (SSSR count). The van der Waals surface area contributed by atoms with Crippen LogP contribution < -0.4 is 5.32 Å². The fourth-order valence-corrected chi connectivity index (χ4v) is 4.12. The summed E-state index contributed by atoms with van der Waals surface area (Å²) >= 11 is 7.47. The Morgan fingerprint density at radius 1 is 1.15 bits per heavy atom. The maximum Gasteiger partial charge on any atom is 0.266 e. The number of fused-ring (bicyclic) bond motifs is 1. The van der Waals surface area contributed by atoms with Crippen molar-refractivity contribution in [2.75, 3.05) is 5.32 Å². The average molecular weight is 384 g/mol. The molecule has 0 fully saturated rings. The summed E-state index contributed by atoms with van der Waals surface area (Å²) in [6.07, 6.45) is 1.58. The summed E-state index contributed by atoms with van der Waals surface area (Å²) in [6.45, 7) is 3.81. The number of furan rings is 1. The summed E-state index contributed by atoms with van der Waals surface area (Å²) in [5.74, 6) is 0.903. The Kier molecular flexibility index (Phi) is 4.22. The van der Waals surface area contributed by atoms with E-state index in [4.69, 9.17) is 16.0 Å². The fraction of sp³-hybridized carbons (Fsp3) is 0.105. The standard InChI is InChI=1S/C19H14ClN3O2S/c1-10-15-11(2)21-17(14-8-5-9-25-14)23-19(15)26-16(10)18(24)22-13-7-4-3-6-12(13)20/h3-9H,1-2H3,(H,22,24). The van der Waals surface area contributed by atoms with Crippen molar-refractivity contribution >= 4 is 44.7 Å². The molecule has 1 amide bonds. The molecule has 1 aromatic carbocycles. The van der Waals surface area contributed by atoms with Crippen LogP contribution in [-0.4, -0.2) is 15.9 Å². The summed E-state index contributed by atoms with van der Waals surface area (Å²) in [7, 11) is 0. The van der Waals surface area contributed by atoms with Crippen LogP contribution in [0.3, 0.4) is 0 Å². The lowest BCUT2D eigenvalue weighted by Gasteiger charge is -2.06. The molecule has 0 atom stereocenters. The van der Waals surface area contributed by atoms with Crippen molar-refractivity contribution in [1.82, 2.24) is 9.97 Å². The molecule has 0 unspecified atom stereocenters. The van der Waals surface area contributed by atoms with Crippen LogP contribution >= 0.6 is 22.9 Å². The number of carbonyl (C=O) groups excluding carboxylic acids is 1. The third-order valence-electron chi connectivity index (χ3n) is 4.04. The number of halogens is 1. The highest BCUT2D eigenvalue weighted by Gasteiger charge is 2.20. The van der Waals surface area contributed by atoms with Crippen LogP contribution in [0.15, 0.2) is 47.1 Å². The molecular formula is C19H14ClN3O2S. The summed E-state index contributed by atoms with van der Waals surface area (Å²) in [4.78, 5) is 23.2. The lowest BCUT2D eigenvalue weighted by Crippen LogP contribution is -2.11. The van der Waals surface area contributed by atoms with Crippen LogP contribution in [0.4, 0.5) is 5.69 Å². The SMILES string of the molecule is Cc1nc(-c2ccco2)nc2sc(C(=O)Nc3ccccc3Cl)c(C)c12. The largest absolute Gasteiger partial charge is 0.461 e. The van der Waals surface area contributed by atoms with Gasteiger partial charge in [0.2, 0.25) is 0 Å². The van der Waals surface area contributed by atoms with Gasteiger partial charge in [0.15, 0.2) is 11.6 Å². The lowest BCUT2D eigenvalue weighted by molar-refractivity contribution is 0.103. The number of nitrogens with zero attached hydrogens (tertiary/aromatic N) is 2. The predicted octanol–water partition coefficient (Wildman–Crippen LogP) is 5.47. The van der Waals surface area contributed by atoms with Gasteiger partial charge in [-0.05, 0) is 43.7 Å². The van der Waals surface area contributed by atoms with E-state index in [0.29, 0.717) is 27.2 Å². The second-order valence-corrected chi connectivity index (χ2v) is 7.19. The molecule has 0 aliphatic rings. The molecule has 1 N–H and O–H groups in total. The van der Waals surface area contributed by atoms with Gasteiger partial charge in [0.05, 0.1) is 27.5 Å². The number of carbonyl (C=O) groups is 1. The molecule has 0 aliphatic heterocycles. The zero-order valence-electron chi connectivity index (χ0n) is 14.0. The van der Waals surface area contributed by atoms with Crippen molar-refractivity contribution in [3.8, 4) is 11.6 Å². The van der Waals surface area contributed by atoms with Crippen LogP contribution in [0.5, 0.6) is 0 Å². The molecule has 0 aliphatic carbocycles. The van der Waals surface area contributed by atoms with Crippen LogP contribution in [0, 0.1) is 13.8 Å². The number of aryl methyl sites for hydroxylation is 2. The van der Waals surface area contributed by atoms with E-state index in [2.05, 4.69) is 15.3 Å². The number of para-hydroxylation sites is 1. The minimum Gasteiger partial charge on any atom is -0.461 e. The summed E-state index contributed by atoms with van der Waals surface area (Å²) in [5, 5.41) is 4.26. The van der Waals surface area contributed by atoms with E-state index in [0.717, 1.165) is 21.5 Å². The van der Waals surface area contributed by atoms with Gasteiger partial charge in [-0.25, -0.2) is 9.97 Å². The first kappa shape index (κ1) is 16.8. The number of benzene rings is 1. The highest BCUT2D eigenvalue weighted by atomic mass is 35.5.